The summed E-state index contributed by atoms with van der Waals surface area (Å²) in [4.78, 5) is 8.34. The van der Waals surface area contributed by atoms with E-state index in [1.807, 2.05) is 39.8 Å². The number of hydrogen-bond acceptors (Lipinski definition) is 2. The standard InChI is InChI=1S/C12H12N2.C2H6/c1-9-7-12(8-10(2)14-9)11-3-5-13-6-4-11;1-2/h3-8H,1-2H3;1-2H3. The molecule has 0 aromatic carbocycles. The third-order valence-electron chi connectivity index (χ3n) is 2.10. The molecule has 0 radical (unpaired) electrons. The Morgan fingerprint density at radius 3 is 1.81 bits per heavy atom. The number of aryl methyl sites for hydroxylation is 2. The highest BCUT2D eigenvalue weighted by Crippen LogP contribution is 2.19. The SMILES string of the molecule is CC.Cc1cc(-c2ccncc2)cc(C)n1. The van der Waals surface area contributed by atoms with Crippen LogP contribution in [0, 0.1) is 13.8 Å². The fourth-order valence-corrected chi connectivity index (χ4v) is 1.55. The maximum Gasteiger partial charge on any atom is 0.0382 e. The molecule has 0 bridgehead atoms. The van der Waals surface area contributed by atoms with Gasteiger partial charge in [-0.1, -0.05) is 13.8 Å². The highest BCUT2D eigenvalue weighted by molar-refractivity contribution is 5.63. The minimum atomic E-state index is 1.05. The first kappa shape index (κ1) is 12.4. The van der Waals surface area contributed by atoms with Crippen molar-refractivity contribution >= 4 is 0 Å². The Hall–Kier alpha value is -1.70. The van der Waals surface area contributed by atoms with Gasteiger partial charge >= 0.3 is 0 Å². The third-order valence-corrected chi connectivity index (χ3v) is 2.10. The summed E-state index contributed by atoms with van der Waals surface area (Å²) in [6.45, 7) is 8.02. The minimum absolute atomic E-state index is 1.05. The Morgan fingerprint density at radius 2 is 1.31 bits per heavy atom. The molecule has 0 aliphatic carbocycles. The number of aromatic nitrogens is 2. The highest BCUT2D eigenvalue weighted by Gasteiger charge is 1.99. The van der Waals surface area contributed by atoms with Crippen LogP contribution >= 0.6 is 0 Å². The molecule has 2 heteroatoms. The normalized spacial score (nSPS) is 9.25. The Bertz CT molecular complexity index is 415. The predicted molar refractivity (Wildman–Crippen MR) is 68.3 cm³/mol. The fraction of sp³-hybridized carbons (Fsp3) is 0.286. The number of pyridine rings is 2. The molecule has 2 rings (SSSR count). The van der Waals surface area contributed by atoms with Crippen LogP contribution in [0.25, 0.3) is 11.1 Å². The number of nitrogens with zero attached hydrogens (tertiary/aromatic N) is 2. The Morgan fingerprint density at radius 1 is 0.812 bits per heavy atom. The van der Waals surface area contributed by atoms with E-state index in [2.05, 4.69) is 22.1 Å². The summed E-state index contributed by atoms with van der Waals surface area (Å²) >= 11 is 0. The molecule has 2 nitrogen and oxygen atoms in total. The van der Waals surface area contributed by atoms with E-state index in [9.17, 15) is 0 Å². The Labute approximate surface area is 97.4 Å². The molecule has 2 heterocycles. The summed E-state index contributed by atoms with van der Waals surface area (Å²) in [5.41, 5.74) is 4.50. The van der Waals surface area contributed by atoms with Crippen molar-refractivity contribution in [3.8, 4) is 11.1 Å². The fourth-order valence-electron chi connectivity index (χ4n) is 1.55. The van der Waals surface area contributed by atoms with Crippen molar-refractivity contribution in [2.24, 2.45) is 0 Å². The van der Waals surface area contributed by atoms with Gasteiger partial charge in [-0.2, -0.15) is 0 Å². The summed E-state index contributed by atoms with van der Waals surface area (Å²) in [5.74, 6) is 0. The molecule has 0 aliphatic rings. The van der Waals surface area contributed by atoms with Crippen molar-refractivity contribution in [1.82, 2.24) is 9.97 Å². The highest BCUT2D eigenvalue weighted by atomic mass is 14.7. The van der Waals surface area contributed by atoms with Crippen molar-refractivity contribution in [2.45, 2.75) is 27.7 Å². The molecule has 0 amide bonds. The minimum Gasteiger partial charge on any atom is -0.265 e. The lowest BCUT2D eigenvalue weighted by molar-refractivity contribution is 1.12. The van der Waals surface area contributed by atoms with Crippen molar-refractivity contribution in [3.63, 3.8) is 0 Å². The molecule has 2 aromatic rings. The van der Waals surface area contributed by atoms with Crippen LogP contribution in [0.1, 0.15) is 25.2 Å². The Kier molecular flexibility index (Phi) is 4.65. The largest absolute Gasteiger partial charge is 0.265 e. The van der Waals surface area contributed by atoms with Gasteiger partial charge in [0.1, 0.15) is 0 Å². The van der Waals surface area contributed by atoms with Gasteiger partial charge in [-0.05, 0) is 49.2 Å². The lowest BCUT2D eigenvalue weighted by atomic mass is 10.1. The van der Waals surface area contributed by atoms with E-state index in [4.69, 9.17) is 0 Å². The van der Waals surface area contributed by atoms with E-state index in [0.29, 0.717) is 0 Å². The van der Waals surface area contributed by atoms with Crippen LogP contribution in [0.5, 0.6) is 0 Å². The maximum absolute atomic E-state index is 4.34. The quantitative estimate of drug-likeness (QED) is 0.721. The molecule has 0 atom stereocenters. The second-order valence-corrected chi connectivity index (χ2v) is 3.37. The summed E-state index contributed by atoms with van der Waals surface area (Å²) in [6, 6.07) is 8.19. The summed E-state index contributed by atoms with van der Waals surface area (Å²) < 4.78 is 0. The average molecular weight is 214 g/mol. The van der Waals surface area contributed by atoms with Gasteiger partial charge in [-0.15, -0.1) is 0 Å². The van der Waals surface area contributed by atoms with Crippen molar-refractivity contribution in [1.29, 1.82) is 0 Å². The van der Waals surface area contributed by atoms with E-state index < -0.39 is 0 Å². The van der Waals surface area contributed by atoms with Gasteiger partial charge in [0, 0.05) is 23.8 Å². The zero-order valence-electron chi connectivity index (χ0n) is 10.4. The first-order valence-corrected chi connectivity index (χ1v) is 5.61. The van der Waals surface area contributed by atoms with Gasteiger partial charge in [-0.3, -0.25) is 9.97 Å². The molecule has 2 aromatic heterocycles. The van der Waals surface area contributed by atoms with E-state index in [1.54, 1.807) is 12.4 Å². The molecule has 84 valence electrons. The molecular weight excluding hydrogens is 196 g/mol. The molecule has 0 saturated carbocycles. The van der Waals surface area contributed by atoms with Gasteiger partial charge in [0.2, 0.25) is 0 Å². The maximum atomic E-state index is 4.34. The summed E-state index contributed by atoms with van der Waals surface area (Å²) in [7, 11) is 0. The molecule has 0 aliphatic heterocycles. The third kappa shape index (κ3) is 3.16. The predicted octanol–water partition coefficient (Wildman–Crippen LogP) is 3.79. The zero-order chi connectivity index (χ0) is 12.0. The van der Waals surface area contributed by atoms with Gasteiger partial charge in [0.05, 0.1) is 0 Å². The van der Waals surface area contributed by atoms with E-state index in [1.165, 1.54) is 11.1 Å². The monoisotopic (exact) mass is 214 g/mol. The van der Waals surface area contributed by atoms with Gasteiger partial charge < -0.3 is 0 Å². The average Bonchev–Trinajstić information content (AvgIpc) is 2.32. The van der Waals surface area contributed by atoms with Crippen LogP contribution < -0.4 is 0 Å². The second kappa shape index (κ2) is 6.01. The Balaban J connectivity index is 0.000000606. The first-order valence-electron chi connectivity index (χ1n) is 5.61. The lowest BCUT2D eigenvalue weighted by Crippen LogP contribution is -1.87. The number of hydrogen-bond donors (Lipinski definition) is 0. The van der Waals surface area contributed by atoms with Crippen LogP contribution in [-0.2, 0) is 0 Å². The van der Waals surface area contributed by atoms with Crippen molar-refractivity contribution in [3.05, 3.63) is 48.0 Å². The topological polar surface area (TPSA) is 25.8 Å². The van der Waals surface area contributed by atoms with Crippen LogP contribution in [-0.4, -0.2) is 9.97 Å². The van der Waals surface area contributed by atoms with Gasteiger partial charge in [-0.25, -0.2) is 0 Å². The molecular formula is C14H18N2. The molecule has 16 heavy (non-hydrogen) atoms. The summed E-state index contributed by atoms with van der Waals surface area (Å²) in [6.07, 6.45) is 3.61. The molecule has 0 spiro atoms. The van der Waals surface area contributed by atoms with Crippen molar-refractivity contribution in [2.75, 3.05) is 0 Å². The number of rotatable bonds is 1. The van der Waals surface area contributed by atoms with Crippen LogP contribution in [0.4, 0.5) is 0 Å². The lowest BCUT2D eigenvalue weighted by Gasteiger charge is -2.03. The molecule has 0 unspecified atom stereocenters. The van der Waals surface area contributed by atoms with E-state index >= 15 is 0 Å². The second-order valence-electron chi connectivity index (χ2n) is 3.37. The molecule has 0 saturated heterocycles. The van der Waals surface area contributed by atoms with Gasteiger partial charge in [0.15, 0.2) is 0 Å². The molecule has 0 N–H and O–H groups in total. The molecule has 0 fully saturated rings. The zero-order valence-corrected chi connectivity index (χ0v) is 10.4. The van der Waals surface area contributed by atoms with Crippen LogP contribution in [0.15, 0.2) is 36.7 Å². The van der Waals surface area contributed by atoms with Crippen LogP contribution in [0.2, 0.25) is 0 Å². The summed E-state index contributed by atoms with van der Waals surface area (Å²) in [5, 5.41) is 0. The van der Waals surface area contributed by atoms with E-state index in [-0.39, 0.29) is 0 Å². The van der Waals surface area contributed by atoms with Gasteiger partial charge in [0.25, 0.3) is 0 Å². The first-order chi connectivity index (χ1) is 7.75. The van der Waals surface area contributed by atoms with Crippen molar-refractivity contribution < 1.29 is 0 Å². The smallest absolute Gasteiger partial charge is 0.0382 e. The van der Waals surface area contributed by atoms with Crippen LogP contribution in [0.3, 0.4) is 0 Å². The van der Waals surface area contributed by atoms with E-state index in [0.717, 1.165) is 11.4 Å².